The quantitative estimate of drug-likeness (QED) is 0.855. The normalized spacial score (nSPS) is 10.2. The summed E-state index contributed by atoms with van der Waals surface area (Å²) in [6.07, 6.45) is 0. The predicted octanol–water partition coefficient (Wildman–Crippen LogP) is 3.27. The SMILES string of the molecule is COc1ccc(N(CCNC(=O)c2ccccc2F)C(C)=O)cc1Cl. The summed E-state index contributed by atoms with van der Waals surface area (Å²) >= 11 is 6.09. The molecular formula is C18H18ClFN2O3. The third kappa shape index (κ3) is 4.70. The van der Waals surface area contributed by atoms with Crippen molar-refractivity contribution in [3.8, 4) is 5.75 Å². The molecule has 0 spiro atoms. The van der Waals surface area contributed by atoms with E-state index in [0.717, 1.165) is 0 Å². The number of nitrogens with one attached hydrogen (secondary N) is 1. The number of benzene rings is 2. The Bertz CT molecular complexity index is 783. The number of halogens is 2. The number of hydrogen-bond acceptors (Lipinski definition) is 3. The topological polar surface area (TPSA) is 58.6 Å². The Morgan fingerprint density at radius 1 is 1.24 bits per heavy atom. The van der Waals surface area contributed by atoms with Crippen LogP contribution in [0.1, 0.15) is 17.3 Å². The van der Waals surface area contributed by atoms with Gasteiger partial charge in [0.05, 0.1) is 17.7 Å². The van der Waals surface area contributed by atoms with Gasteiger partial charge in [0.2, 0.25) is 5.91 Å². The zero-order valence-electron chi connectivity index (χ0n) is 13.9. The molecule has 7 heteroatoms. The molecule has 0 aromatic heterocycles. The van der Waals surface area contributed by atoms with Crippen LogP contribution in [0.3, 0.4) is 0 Å². The maximum absolute atomic E-state index is 13.6. The fourth-order valence-electron chi connectivity index (χ4n) is 2.31. The summed E-state index contributed by atoms with van der Waals surface area (Å²) in [5, 5.41) is 2.98. The van der Waals surface area contributed by atoms with Crippen LogP contribution in [0.2, 0.25) is 5.02 Å². The monoisotopic (exact) mass is 364 g/mol. The molecule has 2 aromatic rings. The van der Waals surface area contributed by atoms with Crippen LogP contribution in [-0.4, -0.2) is 32.0 Å². The van der Waals surface area contributed by atoms with Gasteiger partial charge in [-0.1, -0.05) is 23.7 Å². The van der Waals surface area contributed by atoms with Gasteiger partial charge < -0.3 is 15.0 Å². The van der Waals surface area contributed by atoms with E-state index < -0.39 is 11.7 Å². The highest BCUT2D eigenvalue weighted by Crippen LogP contribution is 2.29. The molecule has 2 aromatic carbocycles. The van der Waals surface area contributed by atoms with Crippen LogP contribution in [0.4, 0.5) is 10.1 Å². The van der Waals surface area contributed by atoms with Gasteiger partial charge in [-0.25, -0.2) is 4.39 Å². The second-order valence-corrected chi connectivity index (χ2v) is 5.63. The summed E-state index contributed by atoms with van der Waals surface area (Å²) in [5.74, 6) is -0.831. The number of anilines is 1. The van der Waals surface area contributed by atoms with Crippen molar-refractivity contribution in [2.75, 3.05) is 25.1 Å². The number of carbonyl (C=O) groups is 2. The molecular weight excluding hydrogens is 347 g/mol. The maximum atomic E-state index is 13.6. The molecule has 0 aliphatic rings. The van der Waals surface area contributed by atoms with E-state index in [1.807, 2.05) is 0 Å². The van der Waals surface area contributed by atoms with E-state index in [1.165, 1.54) is 37.1 Å². The molecule has 25 heavy (non-hydrogen) atoms. The average Bonchev–Trinajstić information content (AvgIpc) is 2.58. The van der Waals surface area contributed by atoms with Gasteiger partial charge >= 0.3 is 0 Å². The average molecular weight is 365 g/mol. The maximum Gasteiger partial charge on any atom is 0.254 e. The summed E-state index contributed by atoms with van der Waals surface area (Å²) in [4.78, 5) is 25.4. The fraction of sp³-hybridized carbons (Fsp3) is 0.222. The minimum Gasteiger partial charge on any atom is -0.495 e. The molecule has 5 nitrogen and oxygen atoms in total. The molecule has 0 atom stereocenters. The molecule has 2 rings (SSSR count). The van der Waals surface area contributed by atoms with E-state index in [9.17, 15) is 14.0 Å². The molecule has 0 radical (unpaired) electrons. The van der Waals surface area contributed by atoms with Crippen molar-refractivity contribution in [2.45, 2.75) is 6.92 Å². The minimum absolute atomic E-state index is 0.0376. The van der Waals surface area contributed by atoms with Crippen LogP contribution >= 0.6 is 11.6 Å². The van der Waals surface area contributed by atoms with Gasteiger partial charge in [0.25, 0.3) is 5.91 Å². The number of carbonyl (C=O) groups excluding carboxylic acids is 2. The largest absolute Gasteiger partial charge is 0.495 e. The number of rotatable bonds is 6. The van der Waals surface area contributed by atoms with Crippen molar-refractivity contribution in [1.29, 1.82) is 0 Å². The van der Waals surface area contributed by atoms with Gasteiger partial charge in [0.15, 0.2) is 0 Å². The van der Waals surface area contributed by atoms with Crippen molar-refractivity contribution in [3.05, 3.63) is 58.9 Å². The predicted molar refractivity (Wildman–Crippen MR) is 94.8 cm³/mol. The van der Waals surface area contributed by atoms with E-state index >= 15 is 0 Å². The Balaban J connectivity index is 2.03. The third-order valence-corrected chi connectivity index (χ3v) is 3.86. The van der Waals surface area contributed by atoms with Gasteiger partial charge in [0, 0.05) is 25.7 Å². The molecule has 0 unspecified atom stereocenters. The molecule has 1 N–H and O–H groups in total. The van der Waals surface area contributed by atoms with Crippen LogP contribution < -0.4 is 15.0 Å². The number of amides is 2. The lowest BCUT2D eigenvalue weighted by molar-refractivity contribution is -0.116. The first kappa shape index (κ1) is 18.7. The van der Waals surface area contributed by atoms with Gasteiger partial charge in [-0.3, -0.25) is 9.59 Å². The Morgan fingerprint density at radius 2 is 1.96 bits per heavy atom. The van der Waals surface area contributed by atoms with Gasteiger partial charge in [-0.2, -0.15) is 0 Å². The molecule has 132 valence electrons. The Kier molecular flexibility index (Phi) is 6.36. The van der Waals surface area contributed by atoms with Gasteiger partial charge in [-0.15, -0.1) is 0 Å². The van der Waals surface area contributed by atoms with Gasteiger partial charge in [-0.05, 0) is 30.3 Å². The van der Waals surface area contributed by atoms with E-state index in [1.54, 1.807) is 24.3 Å². The standard InChI is InChI=1S/C18H18ClFN2O3/c1-12(23)22(13-7-8-17(25-2)15(19)11-13)10-9-21-18(24)14-5-3-4-6-16(14)20/h3-8,11H,9-10H2,1-2H3,(H,21,24). The van der Waals surface area contributed by atoms with Crippen LogP contribution in [0.15, 0.2) is 42.5 Å². The first-order chi connectivity index (χ1) is 11.9. The Morgan fingerprint density at radius 3 is 2.56 bits per heavy atom. The number of ether oxygens (including phenoxy) is 1. The minimum atomic E-state index is -0.592. The van der Waals surface area contributed by atoms with Crippen LogP contribution in [0.25, 0.3) is 0 Å². The van der Waals surface area contributed by atoms with Crippen LogP contribution in [0, 0.1) is 5.82 Å². The van der Waals surface area contributed by atoms with Crippen LogP contribution in [0.5, 0.6) is 5.75 Å². The first-order valence-corrected chi connectivity index (χ1v) is 7.96. The highest BCUT2D eigenvalue weighted by atomic mass is 35.5. The number of methoxy groups -OCH3 is 1. The molecule has 0 bridgehead atoms. The molecule has 0 fully saturated rings. The Hall–Kier alpha value is -2.60. The van der Waals surface area contributed by atoms with Crippen molar-refractivity contribution in [1.82, 2.24) is 5.32 Å². The molecule has 0 saturated carbocycles. The lowest BCUT2D eigenvalue weighted by Crippen LogP contribution is -2.37. The summed E-state index contributed by atoms with van der Waals surface area (Å²) in [7, 11) is 1.50. The Labute approximate surface area is 150 Å². The fourth-order valence-corrected chi connectivity index (χ4v) is 2.57. The second-order valence-electron chi connectivity index (χ2n) is 5.23. The second kappa shape index (κ2) is 8.48. The molecule has 2 amide bonds. The zero-order valence-corrected chi connectivity index (χ0v) is 14.6. The van der Waals surface area contributed by atoms with Crippen molar-refractivity contribution in [2.24, 2.45) is 0 Å². The molecule has 0 heterocycles. The van der Waals surface area contributed by atoms with Gasteiger partial charge in [0.1, 0.15) is 11.6 Å². The van der Waals surface area contributed by atoms with E-state index in [2.05, 4.69) is 5.32 Å². The first-order valence-electron chi connectivity index (χ1n) is 7.58. The molecule has 0 aliphatic carbocycles. The molecule has 0 aliphatic heterocycles. The van der Waals surface area contributed by atoms with Crippen molar-refractivity contribution < 1.29 is 18.7 Å². The van der Waals surface area contributed by atoms with E-state index in [-0.39, 0.29) is 24.6 Å². The number of nitrogens with zero attached hydrogens (tertiary/aromatic N) is 1. The summed E-state index contributed by atoms with van der Waals surface area (Å²) in [5.41, 5.74) is 0.544. The van der Waals surface area contributed by atoms with Crippen molar-refractivity contribution >= 4 is 29.1 Å². The highest BCUT2D eigenvalue weighted by Gasteiger charge is 2.15. The third-order valence-electron chi connectivity index (χ3n) is 3.57. The van der Waals surface area contributed by atoms with Crippen LogP contribution in [-0.2, 0) is 4.79 Å². The summed E-state index contributed by atoms with van der Waals surface area (Å²) in [6.45, 7) is 1.80. The summed E-state index contributed by atoms with van der Waals surface area (Å²) < 4.78 is 18.7. The van der Waals surface area contributed by atoms with Crippen molar-refractivity contribution in [3.63, 3.8) is 0 Å². The van der Waals surface area contributed by atoms with E-state index in [0.29, 0.717) is 16.5 Å². The van der Waals surface area contributed by atoms with E-state index in [4.69, 9.17) is 16.3 Å². The number of hydrogen-bond donors (Lipinski definition) is 1. The highest BCUT2D eigenvalue weighted by molar-refractivity contribution is 6.32. The molecule has 0 saturated heterocycles. The lowest BCUT2D eigenvalue weighted by atomic mass is 10.2. The smallest absolute Gasteiger partial charge is 0.254 e. The lowest BCUT2D eigenvalue weighted by Gasteiger charge is -2.22. The zero-order chi connectivity index (χ0) is 18.4. The summed E-state index contributed by atoms with van der Waals surface area (Å²) in [6, 6.07) is 10.7.